The lowest BCUT2D eigenvalue weighted by atomic mass is 10.00. The van der Waals surface area contributed by atoms with Crippen molar-refractivity contribution >= 4 is 11.8 Å². The maximum Gasteiger partial charge on any atom is 0.232 e. The molecule has 2 atom stereocenters. The SMILES string of the molecule is CCCN(CCC)C(=O)CC(=O)N[C@H](Cc1cc(F)cc(F)c1)[C@@H](O)CNCc1cccc(CC)c1. The predicted molar refractivity (Wildman–Crippen MR) is 137 cm³/mol. The molecule has 36 heavy (non-hydrogen) atoms. The van der Waals surface area contributed by atoms with Crippen LogP contribution in [-0.4, -0.2) is 53.6 Å². The summed E-state index contributed by atoms with van der Waals surface area (Å²) in [5, 5.41) is 16.8. The van der Waals surface area contributed by atoms with Gasteiger partial charge in [0.25, 0.3) is 0 Å². The third-order valence-corrected chi connectivity index (χ3v) is 5.92. The number of hydrogen-bond acceptors (Lipinski definition) is 4. The lowest BCUT2D eigenvalue weighted by Crippen LogP contribution is -2.49. The Balaban J connectivity index is 2.07. The summed E-state index contributed by atoms with van der Waals surface area (Å²) in [6.07, 6.45) is 1.10. The van der Waals surface area contributed by atoms with Crippen LogP contribution in [-0.2, 0) is 29.0 Å². The number of nitrogens with one attached hydrogen (secondary N) is 2. The van der Waals surface area contributed by atoms with E-state index < -0.39 is 29.7 Å². The number of nitrogens with zero attached hydrogens (tertiary/aromatic N) is 1. The van der Waals surface area contributed by atoms with Crippen molar-refractivity contribution in [3.63, 3.8) is 0 Å². The van der Waals surface area contributed by atoms with Gasteiger partial charge in [0, 0.05) is 32.2 Å². The van der Waals surface area contributed by atoms with Crippen molar-refractivity contribution in [1.29, 1.82) is 0 Å². The van der Waals surface area contributed by atoms with Gasteiger partial charge < -0.3 is 20.6 Å². The lowest BCUT2D eigenvalue weighted by molar-refractivity contribution is -0.136. The highest BCUT2D eigenvalue weighted by Crippen LogP contribution is 2.13. The molecule has 2 aromatic rings. The molecule has 2 aromatic carbocycles. The Morgan fingerprint density at radius 1 is 0.944 bits per heavy atom. The van der Waals surface area contributed by atoms with Gasteiger partial charge in [-0.15, -0.1) is 0 Å². The molecule has 0 unspecified atom stereocenters. The summed E-state index contributed by atoms with van der Waals surface area (Å²) in [6.45, 7) is 7.80. The Morgan fingerprint density at radius 2 is 1.58 bits per heavy atom. The summed E-state index contributed by atoms with van der Waals surface area (Å²) in [4.78, 5) is 27.0. The smallest absolute Gasteiger partial charge is 0.232 e. The molecule has 0 radical (unpaired) electrons. The first-order valence-corrected chi connectivity index (χ1v) is 12.7. The molecular weight excluding hydrogens is 464 g/mol. The van der Waals surface area contributed by atoms with Gasteiger partial charge in [0.1, 0.15) is 18.1 Å². The van der Waals surface area contributed by atoms with Gasteiger partial charge >= 0.3 is 0 Å². The van der Waals surface area contributed by atoms with Crippen LogP contribution in [0.15, 0.2) is 42.5 Å². The maximum atomic E-state index is 13.7. The number of aliphatic hydroxyl groups excluding tert-OH is 1. The molecule has 0 aliphatic rings. The van der Waals surface area contributed by atoms with Gasteiger partial charge in [0.05, 0.1) is 12.1 Å². The van der Waals surface area contributed by atoms with Crippen LogP contribution in [0.5, 0.6) is 0 Å². The fraction of sp³-hybridized carbons (Fsp3) is 0.500. The summed E-state index contributed by atoms with van der Waals surface area (Å²) in [5.74, 6) is -2.28. The highest BCUT2D eigenvalue weighted by Gasteiger charge is 2.24. The van der Waals surface area contributed by atoms with E-state index in [9.17, 15) is 23.5 Å². The molecular formula is C28H39F2N3O3. The van der Waals surface area contributed by atoms with Crippen molar-refractivity contribution in [2.24, 2.45) is 0 Å². The predicted octanol–water partition coefficient (Wildman–Crippen LogP) is 3.74. The van der Waals surface area contributed by atoms with Crippen molar-refractivity contribution in [1.82, 2.24) is 15.5 Å². The molecule has 6 nitrogen and oxygen atoms in total. The molecule has 0 aromatic heterocycles. The molecule has 0 aliphatic carbocycles. The lowest BCUT2D eigenvalue weighted by Gasteiger charge is -2.26. The second-order valence-corrected chi connectivity index (χ2v) is 9.09. The molecule has 0 bridgehead atoms. The molecule has 2 amide bonds. The highest BCUT2D eigenvalue weighted by molar-refractivity contribution is 5.97. The van der Waals surface area contributed by atoms with E-state index in [0.29, 0.717) is 25.2 Å². The minimum atomic E-state index is -1.05. The monoisotopic (exact) mass is 503 g/mol. The fourth-order valence-corrected chi connectivity index (χ4v) is 4.14. The Hall–Kier alpha value is -2.84. The Kier molecular flexibility index (Phi) is 12.5. The number of halogens is 2. The number of carbonyl (C=O) groups is 2. The number of aryl methyl sites for hydroxylation is 1. The van der Waals surface area contributed by atoms with Crippen LogP contribution in [0.2, 0.25) is 0 Å². The maximum absolute atomic E-state index is 13.7. The van der Waals surface area contributed by atoms with Crippen molar-refractivity contribution in [2.75, 3.05) is 19.6 Å². The summed E-state index contributed by atoms with van der Waals surface area (Å²) in [5.41, 5.74) is 2.57. The molecule has 3 N–H and O–H groups in total. The van der Waals surface area contributed by atoms with Crippen LogP contribution in [0.3, 0.4) is 0 Å². The Labute approximate surface area is 213 Å². The summed E-state index contributed by atoms with van der Waals surface area (Å²) in [7, 11) is 0. The second kappa shape index (κ2) is 15.3. The standard InChI is InChI=1S/C28H39F2N3O3/c1-4-10-33(11-5-2)28(36)17-27(35)32-25(15-22-13-23(29)16-24(30)14-22)26(34)19-31-18-21-9-7-8-20(6-3)12-21/h7-9,12-14,16,25-26,31,34H,4-6,10-11,15,17-19H2,1-3H3,(H,32,35)/t25-,26+/m1/s1. The van der Waals surface area contributed by atoms with Gasteiger partial charge in [0.15, 0.2) is 0 Å². The van der Waals surface area contributed by atoms with Crippen LogP contribution >= 0.6 is 0 Å². The highest BCUT2D eigenvalue weighted by atomic mass is 19.1. The minimum Gasteiger partial charge on any atom is -0.390 e. The molecule has 198 valence electrons. The number of carbonyl (C=O) groups excluding carboxylic acids is 2. The van der Waals surface area contributed by atoms with Crippen molar-refractivity contribution in [2.45, 2.75) is 71.6 Å². The van der Waals surface area contributed by atoms with Crippen molar-refractivity contribution in [3.8, 4) is 0 Å². The summed E-state index contributed by atoms with van der Waals surface area (Å²) in [6, 6.07) is 10.4. The van der Waals surface area contributed by atoms with Crippen LogP contribution in [0.4, 0.5) is 8.78 Å². The van der Waals surface area contributed by atoms with E-state index in [1.165, 1.54) is 17.7 Å². The topological polar surface area (TPSA) is 81.7 Å². The van der Waals surface area contributed by atoms with Crippen molar-refractivity contribution < 1.29 is 23.5 Å². The third kappa shape index (κ3) is 10.0. The number of aliphatic hydroxyl groups is 1. The first kappa shape index (κ1) is 29.4. The van der Waals surface area contributed by atoms with Crippen molar-refractivity contribution in [3.05, 3.63) is 70.8 Å². The zero-order valence-corrected chi connectivity index (χ0v) is 21.5. The Bertz CT molecular complexity index is 960. The van der Waals surface area contributed by atoms with Gasteiger partial charge in [-0.1, -0.05) is 45.0 Å². The largest absolute Gasteiger partial charge is 0.390 e. The van der Waals surface area contributed by atoms with E-state index in [1.807, 2.05) is 32.0 Å². The van der Waals surface area contributed by atoms with Gasteiger partial charge in [-0.3, -0.25) is 9.59 Å². The zero-order valence-electron chi connectivity index (χ0n) is 21.5. The molecule has 2 rings (SSSR count). The molecule has 0 aliphatic heterocycles. The van der Waals surface area contributed by atoms with E-state index in [-0.39, 0.29) is 25.3 Å². The van der Waals surface area contributed by atoms with Crippen LogP contribution in [0, 0.1) is 11.6 Å². The average molecular weight is 504 g/mol. The normalized spacial score (nSPS) is 12.7. The first-order valence-electron chi connectivity index (χ1n) is 12.7. The average Bonchev–Trinajstić information content (AvgIpc) is 2.83. The number of rotatable bonds is 15. The summed E-state index contributed by atoms with van der Waals surface area (Å²) < 4.78 is 27.5. The van der Waals surface area contributed by atoms with Gasteiger partial charge in [0.2, 0.25) is 11.8 Å². The van der Waals surface area contributed by atoms with Crippen LogP contribution < -0.4 is 10.6 Å². The van der Waals surface area contributed by atoms with Crippen LogP contribution in [0.25, 0.3) is 0 Å². The van der Waals surface area contributed by atoms with Gasteiger partial charge in [-0.2, -0.15) is 0 Å². The van der Waals surface area contributed by atoms with E-state index in [1.54, 1.807) is 4.90 Å². The molecule has 0 heterocycles. The van der Waals surface area contributed by atoms with Gasteiger partial charge in [-0.05, 0) is 54.5 Å². The quantitative estimate of drug-likeness (QED) is 0.324. The molecule has 0 saturated carbocycles. The zero-order chi connectivity index (χ0) is 26.5. The van der Waals surface area contributed by atoms with E-state index in [0.717, 1.165) is 30.9 Å². The van der Waals surface area contributed by atoms with E-state index in [2.05, 4.69) is 23.6 Å². The summed E-state index contributed by atoms with van der Waals surface area (Å²) >= 11 is 0. The Morgan fingerprint density at radius 3 is 2.19 bits per heavy atom. The molecule has 0 spiro atoms. The number of benzene rings is 2. The minimum absolute atomic E-state index is 0.0103. The molecule has 0 fully saturated rings. The number of hydrogen-bond donors (Lipinski definition) is 3. The number of amides is 2. The third-order valence-electron chi connectivity index (χ3n) is 5.92. The second-order valence-electron chi connectivity index (χ2n) is 9.09. The molecule has 8 heteroatoms. The fourth-order valence-electron chi connectivity index (χ4n) is 4.14. The van der Waals surface area contributed by atoms with Gasteiger partial charge in [-0.25, -0.2) is 8.78 Å². The van der Waals surface area contributed by atoms with E-state index in [4.69, 9.17) is 0 Å². The van der Waals surface area contributed by atoms with Crippen LogP contribution in [0.1, 0.15) is 56.7 Å². The first-order chi connectivity index (χ1) is 17.2. The van der Waals surface area contributed by atoms with E-state index >= 15 is 0 Å². The molecule has 0 saturated heterocycles.